The number of morpholine rings is 1. The molecule has 2 aromatic heterocycles. The van der Waals surface area contributed by atoms with Gasteiger partial charge in [-0.15, -0.1) is 0 Å². The largest absolute Gasteiger partial charge is 0.459 e. The van der Waals surface area contributed by atoms with Crippen LogP contribution < -0.4 is 0 Å². The fraction of sp³-hybridized carbons (Fsp3) is 0.304. The number of Topliss-reactive ketones (excluding diaryl/α,β-unsaturated/α-hetero) is 1. The van der Waals surface area contributed by atoms with Crippen LogP contribution >= 0.6 is 0 Å². The number of fused-ring (bicyclic) bond motifs is 1. The minimum atomic E-state index is 0.246. The quantitative estimate of drug-likeness (QED) is 0.692. The van der Waals surface area contributed by atoms with Gasteiger partial charge in [-0.05, 0) is 35.7 Å². The molecule has 5 rings (SSSR count). The Labute approximate surface area is 164 Å². The summed E-state index contributed by atoms with van der Waals surface area (Å²) in [6.07, 6.45) is 5.00. The van der Waals surface area contributed by atoms with Crippen LogP contribution in [-0.4, -0.2) is 42.0 Å². The van der Waals surface area contributed by atoms with E-state index in [0.29, 0.717) is 6.42 Å². The zero-order valence-corrected chi connectivity index (χ0v) is 15.7. The van der Waals surface area contributed by atoms with E-state index in [1.165, 1.54) is 0 Å². The second kappa shape index (κ2) is 7.34. The lowest BCUT2D eigenvalue weighted by atomic mass is 9.98. The minimum absolute atomic E-state index is 0.246. The van der Waals surface area contributed by atoms with Crippen LogP contribution in [0.3, 0.4) is 0 Å². The molecule has 28 heavy (non-hydrogen) atoms. The average Bonchev–Trinajstić information content (AvgIpc) is 3.33. The number of aryl methyl sites for hydroxylation is 1. The molecule has 5 nitrogen and oxygen atoms in total. The van der Waals surface area contributed by atoms with Crippen molar-refractivity contribution in [2.24, 2.45) is 0 Å². The summed E-state index contributed by atoms with van der Waals surface area (Å²) >= 11 is 0. The molecule has 0 radical (unpaired) electrons. The number of aromatic nitrogens is 1. The Kier molecular flexibility index (Phi) is 4.55. The molecule has 0 atom stereocenters. The second-order valence-electron chi connectivity index (χ2n) is 7.38. The van der Waals surface area contributed by atoms with Crippen molar-refractivity contribution in [2.45, 2.75) is 19.4 Å². The van der Waals surface area contributed by atoms with E-state index in [9.17, 15) is 4.79 Å². The van der Waals surface area contributed by atoms with E-state index in [4.69, 9.17) is 9.15 Å². The van der Waals surface area contributed by atoms with Gasteiger partial charge in [-0.3, -0.25) is 14.7 Å². The van der Waals surface area contributed by atoms with Gasteiger partial charge in [0.2, 0.25) is 0 Å². The normalized spacial score (nSPS) is 17.1. The van der Waals surface area contributed by atoms with Crippen molar-refractivity contribution in [1.82, 2.24) is 9.88 Å². The Morgan fingerprint density at radius 3 is 2.57 bits per heavy atom. The summed E-state index contributed by atoms with van der Waals surface area (Å²) < 4.78 is 11.8. The molecular formula is C23H22N2O3. The number of rotatable bonds is 4. The smallest absolute Gasteiger partial charge is 0.163 e. The zero-order valence-electron chi connectivity index (χ0n) is 15.7. The van der Waals surface area contributed by atoms with Gasteiger partial charge < -0.3 is 9.15 Å². The molecule has 2 aliphatic rings. The van der Waals surface area contributed by atoms with Crippen molar-refractivity contribution in [2.75, 3.05) is 26.3 Å². The van der Waals surface area contributed by atoms with Gasteiger partial charge in [-0.1, -0.05) is 18.2 Å². The van der Waals surface area contributed by atoms with Crippen LogP contribution in [0.1, 0.15) is 28.1 Å². The number of pyridine rings is 1. The van der Waals surface area contributed by atoms with Gasteiger partial charge in [0, 0.05) is 48.6 Å². The number of furan rings is 1. The monoisotopic (exact) mass is 374 g/mol. The van der Waals surface area contributed by atoms with Crippen molar-refractivity contribution in [1.29, 1.82) is 0 Å². The molecule has 0 unspecified atom stereocenters. The maximum absolute atomic E-state index is 12.0. The number of hydrogen-bond donors (Lipinski definition) is 0. The summed E-state index contributed by atoms with van der Waals surface area (Å²) in [7, 11) is 0. The first-order chi connectivity index (χ1) is 13.8. The Morgan fingerprint density at radius 1 is 0.929 bits per heavy atom. The van der Waals surface area contributed by atoms with E-state index in [0.717, 1.165) is 78.6 Å². The van der Waals surface area contributed by atoms with Crippen molar-refractivity contribution in [3.05, 3.63) is 65.7 Å². The highest BCUT2D eigenvalue weighted by Gasteiger charge is 2.22. The van der Waals surface area contributed by atoms with Crippen molar-refractivity contribution in [3.63, 3.8) is 0 Å². The highest BCUT2D eigenvalue weighted by Crippen LogP contribution is 2.37. The van der Waals surface area contributed by atoms with E-state index in [1.54, 1.807) is 12.4 Å². The molecule has 1 fully saturated rings. The third kappa shape index (κ3) is 3.28. The number of nitrogens with zero attached hydrogens (tertiary/aromatic N) is 2. The number of carbonyl (C=O) groups excluding carboxylic acids is 1. The van der Waals surface area contributed by atoms with Crippen LogP contribution in [0.5, 0.6) is 0 Å². The molecule has 3 aromatic rings. The topological polar surface area (TPSA) is 55.6 Å². The first-order valence-corrected chi connectivity index (χ1v) is 9.77. The lowest BCUT2D eigenvalue weighted by Gasteiger charge is -2.25. The fourth-order valence-corrected chi connectivity index (χ4v) is 4.05. The number of ketones is 1. The van der Waals surface area contributed by atoms with Gasteiger partial charge in [0.25, 0.3) is 0 Å². The molecule has 0 saturated carbocycles. The summed E-state index contributed by atoms with van der Waals surface area (Å²) in [5, 5.41) is 0. The van der Waals surface area contributed by atoms with Crippen LogP contribution in [0.2, 0.25) is 0 Å². The van der Waals surface area contributed by atoms with Gasteiger partial charge >= 0.3 is 0 Å². The van der Waals surface area contributed by atoms with Gasteiger partial charge in [0.15, 0.2) is 5.78 Å². The molecule has 1 aliphatic carbocycles. The standard InChI is InChI=1S/C23H22N2O3/c26-22-4-2-17-13-18(1-3-20(17)22)21-14-19(15-25-9-11-27-12-10-25)28-23(21)16-5-7-24-8-6-16/h1,3,5-8,13-14H,2,4,9-12,15H2. The molecule has 1 aromatic carbocycles. The van der Waals surface area contributed by atoms with Crippen molar-refractivity contribution >= 4 is 5.78 Å². The van der Waals surface area contributed by atoms with Crippen LogP contribution in [0.25, 0.3) is 22.5 Å². The molecule has 0 N–H and O–H groups in total. The zero-order chi connectivity index (χ0) is 18.9. The van der Waals surface area contributed by atoms with Gasteiger partial charge in [-0.25, -0.2) is 0 Å². The maximum Gasteiger partial charge on any atom is 0.163 e. The predicted molar refractivity (Wildman–Crippen MR) is 106 cm³/mol. The molecule has 0 bridgehead atoms. The minimum Gasteiger partial charge on any atom is -0.459 e. The van der Waals surface area contributed by atoms with E-state index in [2.05, 4.69) is 22.0 Å². The third-order valence-corrected chi connectivity index (χ3v) is 5.55. The fourth-order valence-electron chi connectivity index (χ4n) is 4.05. The summed E-state index contributed by atoms with van der Waals surface area (Å²) in [6.45, 7) is 4.14. The lowest BCUT2D eigenvalue weighted by molar-refractivity contribution is 0.0314. The molecule has 0 amide bonds. The van der Waals surface area contributed by atoms with E-state index >= 15 is 0 Å². The Bertz CT molecular complexity index is 1000. The molecule has 3 heterocycles. The summed E-state index contributed by atoms with van der Waals surface area (Å²) in [4.78, 5) is 18.5. The highest BCUT2D eigenvalue weighted by molar-refractivity contribution is 6.01. The third-order valence-electron chi connectivity index (χ3n) is 5.55. The van der Waals surface area contributed by atoms with Crippen molar-refractivity contribution in [3.8, 4) is 22.5 Å². The Hall–Kier alpha value is -2.76. The molecule has 1 aliphatic heterocycles. The first-order valence-electron chi connectivity index (χ1n) is 9.77. The van der Waals surface area contributed by atoms with Crippen LogP contribution in [0.4, 0.5) is 0 Å². The van der Waals surface area contributed by atoms with Gasteiger partial charge in [0.1, 0.15) is 11.5 Å². The molecule has 5 heteroatoms. The predicted octanol–water partition coefficient (Wildman–Crippen LogP) is 3.97. The average molecular weight is 374 g/mol. The van der Waals surface area contributed by atoms with Crippen molar-refractivity contribution < 1.29 is 13.9 Å². The van der Waals surface area contributed by atoms with Gasteiger partial charge in [-0.2, -0.15) is 0 Å². The second-order valence-corrected chi connectivity index (χ2v) is 7.38. The van der Waals surface area contributed by atoms with Crippen LogP contribution in [0.15, 0.2) is 53.2 Å². The van der Waals surface area contributed by atoms with Gasteiger partial charge in [0.05, 0.1) is 19.8 Å². The Balaban J connectivity index is 1.54. The first kappa shape index (κ1) is 17.3. The van der Waals surface area contributed by atoms with E-state index < -0.39 is 0 Å². The SMILES string of the molecule is O=C1CCc2cc(-c3cc(CN4CCOCC4)oc3-c3ccncc3)ccc21. The molecule has 142 valence electrons. The number of benzene rings is 1. The number of ether oxygens (including phenoxy) is 1. The van der Waals surface area contributed by atoms with Crippen LogP contribution in [-0.2, 0) is 17.7 Å². The Morgan fingerprint density at radius 2 is 1.75 bits per heavy atom. The molecular weight excluding hydrogens is 352 g/mol. The number of hydrogen-bond acceptors (Lipinski definition) is 5. The lowest BCUT2D eigenvalue weighted by Crippen LogP contribution is -2.35. The summed E-state index contributed by atoms with van der Waals surface area (Å²) in [6, 6.07) is 12.2. The summed E-state index contributed by atoms with van der Waals surface area (Å²) in [5.74, 6) is 2.05. The maximum atomic E-state index is 12.0. The summed E-state index contributed by atoms with van der Waals surface area (Å²) in [5.41, 5.74) is 5.18. The van der Waals surface area contributed by atoms with Crippen LogP contribution in [0, 0.1) is 0 Å². The number of carbonyl (C=O) groups is 1. The van der Waals surface area contributed by atoms with E-state index in [1.807, 2.05) is 24.3 Å². The molecule has 1 saturated heterocycles. The van der Waals surface area contributed by atoms with E-state index in [-0.39, 0.29) is 5.78 Å². The highest BCUT2D eigenvalue weighted by atomic mass is 16.5. The molecule has 0 spiro atoms.